The van der Waals surface area contributed by atoms with Crippen molar-refractivity contribution in [1.82, 2.24) is 5.32 Å². The Morgan fingerprint density at radius 2 is 1.81 bits per heavy atom. The molecule has 2 N–H and O–H groups in total. The number of hydrogen-bond donors (Lipinski definition) is 2. The van der Waals surface area contributed by atoms with Crippen LogP contribution in [0.25, 0.3) is 0 Å². The molecule has 1 fully saturated rings. The number of nitrogens with one attached hydrogen (secondary N) is 1. The Morgan fingerprint density at radius 1 is 1.14 bits per heavy atom. The van der Waals surface area contributed by atoms with Crippen molar-refractivity contribution in [3.63, 3.8) is 0 Å². The Bertz CT molecular complexity index is 1130. The third kappa shape index (κ3) is 6.66. The van der Waals surface area contributed by atoms with Gasteiger partial charge in [0.25, 0.3) is 0 Å². The van der Waals surface area contributed by atoms with Gasteiger partial charge in [-0.1, -0.05) is 23.8 Å². The lowest BCUT2D eigenvalue weighted by molar-refractivity contribution is -0.140. The lowest BCUT2D eigenvalue weighted by Crippen LogP contribution is -2.48. The first kappa shape index (κ1) is 27.7. The number of rotatable bonds is 12. The normalized spacial score (nSPS) is 17.6. The van der Waals surface area contributed by atoms with Gasteiger partial charge in [-0.15, -0.1) is 0 Å². The van der Waals surface area contributed by atoms with Crippen LogP contribution in [0, 0.1) is 0 Å². The number of sulfone groups is 1. The third-order valence-corrected chi connectivity index (χ3v) is 8.65. The Labute approximate surface area is 213 Å². The minimum Gasteiger partial charge on any atom is -0.497 e. The summed E-state index contributed by atoms with van der Waals surface area (Å²) < 4.78 is 42.1. The number of carbonyl (C=O) groups is 1. The van der Waals surface area contributed by atoms with Crippen molar-refractivity contribution in [1.29, 1.82) is 0 Å². The molecule has 196 valence electrons. The summed E-state index contributed by atoms with van der Waals surface area (Å²) in [6, 6.07) is 12.7. The van der Waals surface area contributed by atoms with E-state index in [0.717, 1.165) is 25.1 Å². The van der Waals surface area contributed by atoms with Crippen LogP contribution in [0.15, 0.2) is 65.1 Å². The molecule has 36 heavy (non-hydrogen) atoms. The highest BCUT2D eigenvalue weighted by Crippen LogP contribution is 2.35. The minimum atomic E-state index is -4.27. The molecule has 0 bridgehead atoms. The summed E-state index contributed by atoms with van der Waals surface area (Å²) in [7, 11) is -2.79. The van der Waals surface area contributed by atoms with Gasteiger partial charge in [0.05, 0.1) is 31.3 Å². The van der Waals surface area contributed by atoms with E-state index in [2.05, 4.69) is 5.32 Å². The maximum absolute atomic E-state index is 13.8. The van der Waals surface area contributed by atoms with E-state index in [1.54, 1.807) is 30.3 Å². The number of ether oxygens (including phenoxy) is 3. The van der Waals surface area contributed by atoms with Crippen LogP contribution in [0.1, 0.15) is 32.3 Å². The van der Waals surface area contributed by atoms with Gasteiger partial charge in [-0.05, 0) is 62.2 Å². The first-order valence-electron chi connectivity index (χ1n) is 12.0. The minimum absolute atomic E-state index is 0.0627. The second-order valence-electron chi connectivity index (χ2n) is 9.12. The predicted octanol–water partition coefficient (Wildman–Crippen LogP) is 3.65. The van der Waals surface area contributed by atoms with Gasteiger partial charge in [0.1, 0.15) is 11.5 Å². The quantitative estimate of drug-likeness (QED) is 0.411. The van der Waals surface area contributed by atoms with Crippen LogP contribution in [0.2, 0.25) is 0 Å². The zero-order valence-corrected chi connectivity index (χ0v) is 21.8. The van der Waals surface area contributed by atoms with Crippen LogP contribution in [-0.4, -0.2) is 63.8 Å². The highest BCUT2D eigenvalue weighted by molar-refractivity contribution is 7.93. The number of carboxylic acids is 1. The van der Waals surface area contributed by atoms with E-state index in [1.807, 2.05) is 13.8 Å². The van der Waals surface area contributed by atoms with E-state index in [4.69, 9.17) is 14.2 Å². The molecule has 2 atom stereocenters. The molecule has 0 spiro atoms. The van der Waals surface area contributed by atoms with E-state index in [1.165, 1.54) is 31.4 Å². The fourth-order valence-corrected chi connectivity index (χ4v) is 5.89. The van der Waals surface area contributed by atoms with Crippen molar-refractivity contribution in [2.24, 2.45) is 0 Å². The summed E-state index contributed by atoms with van der Waals surface area (Å²) in [6.45, 7) is 6.46. The molecule has 0 saturated carbocycles. The van der Waals surface area contributed by atoms with Crippen molar-refractivity contribution in [2.75, 3.05) is 33.4 Å². The number of allylic oxidation sites excluding steroid dienone is 2. The molecule has 2 aromatic rings. The first-order chi connectivity index (χ1) is 17.2. The lowest BCUT2D eigenvalue weighted by Gasteiger charge is -2.29. The Hall–Kier alpha value is -2.88. The van der Waals surface area contributed by atoms with Crippen LogP contribution in [0.5, 0.6) is 11.5 Å². The molecule has 8 nitrogen and oxygen atoms in total. The van der Waals surface area contributed by atoms with Gasteiger partial charge in [-0.25, -0.2) is 8.42 Å². The van der Waals surface area contributed by atoms with E-state index in [9.17, 15) is 18.3 Å². The molecule has 1 aliphatic heterocycles. The largest absolute Gasteiger partial charge is 0.497 e. The molecular weight excluding hydrogens is 482 g/mol. The molecule has 0 radical (unpaired) electrons. The summed E-state index contributed by atoms with van der Waals surface area (Å²) in [5.74, 6) is -0.274. The maximum atomic E-state index is 13.8. The fourth-order valence-electron chi connectivity index (χ4n) is 4.05. The van der Waals surface area contributed by atoms with E-state index < -0.39 is 20.6 Å². The van der Waals surface area contributed by atoms with E-state index >= 15 is 0 Å². The topological polar surface area (TPSA) is 111 Å². The van der Waals surface area contributed by atoms with Gasteiger partial charge in [-0.3, -0.25) is 4.79 Å². The Morgan fingerprint density at radius 3 is 2.36 bits per heavy atom. The van der Waals surface area contributed by atoms with Gasteiger partial charge in [0, 0.05) is 25.9 Å². The molecule has 0 aliphatic carbocycles. The van der Waals surface area contributed by atoms with Crippen LogP contribution >= 0.6 is 0 Å². The predicted molar refractivity (Wildman–Crippen MR) is 137 cm³/mol. The van der Waals surface area contributed by atoms with Crippen molar-refractivity contribution < 1.29 is 32.5 Å². The second-order valence-corrected chi connectivity index (χ2v) is 11.4. The standard InChI is InChI=1S/C27H35NO7S/c1-20(2)12-14-27(26(29)30,36(31,32)25-10-8-22(33-3)9-11-25)18-21-4-6-23(7-5-21)34-16-13-24-19-28-15-17-35-24/h4-12,24,28H,13-19H2,1-3H3,(H,29,30). The van der Waals surface area contributed by atoms with E-state index in [-0.39, 0.29) is 23.8 Å². The third-order valence-electron chi connectivity index (χ3n) is 6.24. The van der Waals surface area contributed by atoms with Gasteiger partial charge >= 0.3 is 5.97 Å². The highest BCUT2D eigenvalue weighted by atomic mass is 32.2. The summed E-state index contributed by atoms with van der Waals surface area (Å²) in [5, 5.41) is 13.6. The first-order valence-corrected chi connectivity index (χ1v) is 13.5. The lowest BCUT2D eigenvalue weighted by atomic mass is 9.94. The Kier molecular flexibility index (Phi) is 9.53. The van der Waals surface area contributed by atoms with Crippen LogP contribution in [-0.2, 0) is 25.8 Å². The molecule has 1 saturated heterocycles. The van der Waals surface area contributed by atoms with Gasteiger partial charge in [-0.2, -0.15) is 0 Å². The number of aliphatic carboxylic acids is 1. The van der Waals surface area contributed by atoms with Crippen molar-refractivity contribution in [3.05, 3.63) is 65.7 Å². The molecule has 0 amide bonds. The summed E-state index contributed by atoms with van der Waals surface area (Å²) in [6.07, 6.45) is 2.18. The highest BCUT2D eigenvalue weighted by Gasteiger charge is 2.51. The Balaban J connectivity index is 1.83. The number of methoxy groups -OCH3 is 1. The smallest absolute Gasteiger partial charge is 0.326 e. The number of carboxylic acid groups (broad SMARTS) is 1. The second kappa shape index (κ2) is 12.4. The van der Waals surface area contributed by atoms with Crippen molar-refractivity contribution in [2.45, 2.75) is 48.9 Å². The summed E-state index contributed by atoms with van der Waals surface area (Å²) >= 11 is 0. The monoisotopic (exact) mass is 517 g/mol. The molecule has 1 heterocycles. The summed E-state index contributed by atoms with van der Waals surface area (Å²) in [4.78, 5) is 12.6. The SMILES string of the molecule is COc1ccc(S(=O)(=O)C(CC=C(C)C)(Cc2ccc(OCCC3CNCCO3)cc2)C(=O)O)cc1. The molecule has 2 unspecified atom stereocenters. The molecule has 9 heteroatoms. The average molecular weight is 518 g/mol. The summed E-state index contributed by atoms with van der Waals surface area (Å²) in [5.41, 5.74) is 1.43. The van der Waals surface area contributed by atoms with Gasteiger partial charge < -0.3 is 24.6 Å². The molecule has 3 rings (SSSR count). The van der Waals surface area contributed by atoms with E-state index in [0.29, 0.717) is 30.3 Å². The molecule has 1 aliphatic rings. The fraction of sp³-hybridized carbons (Fsp3) is 0.444. The number of hydrogen-bond acceptors (Lipinski definition) is 7. The number of morpholine rings is 1. The van der Waals surface area contributed by atoms with Crippen molar-refractivity contribution in [3.8, 4) is 11.5 Å². The zero-order chi connectivity index (χ0) is 26.2. The molecule has 0 aromatic heterocycles. The van der Waals surface area contributed by atoms with Gasteiger partial charge in [0.2, 0.25) is 0 Å². The van der Waals surface area contributed by atoms with Gasteiger partial charge in [0.15, 0.2) is 14.6 Å². The maximum Gasteiger partial charge on any atom is 0.326 e. The average Bonchev–Trinajstić information content (AvgIpc) is 2.87. The van der Waals surface area contributed by atoms with Crippen LogP contribution < -0.4 is 14.8 Å². The number of benzene rings is 2. The molecular formula is C27H35NO7S. The zero-order valence-electron chi connectivity index (χ0n) is 21.0. The molecule has 2 aromatic carbocycles. The van der Waals surface area contributed by atoms with Crippen LogP contribution in [0.4, 0.5) is 0 Å². The van der Waals surface area contributed by atoms with Crippen molar-refractivity contribution >= 4 is 15.8 Å². The van der Waals surface area contributed by atoms with Crippen LogP contribution in [0.3, 0.4) is 0 Å².